The molecule has 8 heteroatoms. The Kier molecular flexibility index (Phi) is 8.16. The molecule has 0 unspecified atom stereocenters. The van der Waals surface area contributed by atoms with Crippen LogP contribution in [0.25, 0.3) is 0 Å². The lowest BCUT2D eigenvalue weighted by Gasteiger charge is -2.28. The lowest BCUT2D eigenvalue weighted by atomic mass is 9.89. The Balaban J connectivity index is 2.49. The zero-order valence-electron chi connectivity index (χ0n) is 16.5. The number of nitrogens with one attached hydrogen (secondary N) is 1. The number of aromatic amines is 1. The fourth-order valence-corrected chi connectivity index (χ4v) is 2.69. The van der Waals surface area contributed by atoms with Gasteiger partial charge in [-0.3, -0.25) is 0 Å². The molecular formula is C19H32N2O6. The van der Waals surface area contributed by atoms with Crippen LogP contribution in [0.1, 0.15) is 58.9 Å². The van der Waals surface area contributed by atoms with Gasteiger partial charge in [0, 0.05) is 18.1 Å². The highest BCUT2D eigenvalue weighted by Crippen LogP contribution is 2.23. The zero-order chi connectivity index (χ0) is 20.8. The largest absolute Gasteiger partial charge is 0.390 e. The van der Waals surface area contributed by atoms with E-state index in [0.717, 1.165) is 5.57 Å². The molecule has 0 aromatic carbocycles. The van der Waals surface area contributed by atoms with Crippen molar-refractivity contribution in [1.29, 1.82) is 0 Å². The number of H-pyrrole nitrogens is 1. The third-order valence-corrected chi connectivity index (χ3v) is 4.84. The Morgan fingerprint density at radius 2 is 1.93 bits per heavy atom. The van der Waals surface area contributed by atoms with E-state index in [1.165, 1.54) is 12.3 Å². The molecule has 0 saturated carbocycles. The highest BCUT2D eigenvalue weighted by Gasteiger charge is 2.30. The van der Waals surface area contributed by atoms with Gasteiger partial charge in [0.1, 0.15) is 0 Å². The molecular weight excluding hydrogens is 352 g/mol. The van der Waals surface area contributed by atoms with Gasteiger partial charge in [0.25, 0.3) is 0 Å². The summed E-state index contributed by atoms with van der Waals surface area (Å²) >= 11 is 0. The molecule has 0 radical (unpaired) electrons. The van der Waals surface area contributed by atoms with Crippen LogP contribution in [0, 0.1) is 10.1 Å². The summed E-state index contributed by atoms with van der Waals surface area (Å²) in [5.74, 6) is -0.149. The summed E-state index contributed by atoms with van der Waals surface area (Å²) in [5.41, 5.74) is -0.886. The zero-order valence-corrected chi connectivity index (χ0v) is 16.5. The fourth-order valence-electron chi connectivity index (χ4n) is 2.69. The predicted molar refractivity (Wildman–Crippen MR) is 102 cm³/mol. The van der Waals surface area contributed by atoms with Crippen molar-refractivity contribution in [2.24, 2.45) is 0 Å². The van der Waals surface area contributed by atoms with Crippen LogP contribution in [0.3, 0.4) is 0 Å². The maximum Gasteiger partial charge on any atom is 0.321 e. The van der Waals surface area contributed by atoms with Crippen LogP contribution in [0.4, 0.5) is 5.82 Å². The average molecular weight is 384 g/mol. The molecule has 1 aromatic heterocycles. The van der Waals surface area contributed by atoms with Crippen molar-refractivity contribution < 1.29 is 25.3 Å². The minimum Gasteiger partial charge on any atom is -0.390 e. The summed E-state index contributed by atoms with van der Waals surface area (Å²) in [6.45, 7) is 6.59. The summed E-state index contributed by atoms with van der Waals surface area (Å²) < 4.78 is 0. The number of hydrogen-bond acceptors (Lipinski definition) is 6. The predicted octanol–water partition coefficient (Wildman–Crippen LogP) is 2.22. The van der Waals surface area contributed by atoms with Crippen molar-refractivity contribution in [3.63, 3.8) is 0 Å². The molecule has 27 heavy (non-hydrogen) atoms. The van der Waals surface area contributed by atoms with Gasteiger partial charge in [-0.2, -0.15) is 0 Å². The van der Waals surface area contributed by atoms with Crippen molar-refractivity contribution >= 4 is 5.82 Å². The van der Waals surface area contributed by atoms with Gasteiger partial charge in [-0.05, 0) is 58.3 Å². The third-order valence-electron chi connectivity index (χ3n) is 4.84. The molecule has 0 aliphatic rings. The summed E-state index contributed by atoms with van der Waals surface area (Å²) in [5, 5.41) is 51.0. The number of aromatic nitrogens is 1. The molecule has 1 aromatic rings. The smallest absolute Gasteiger partial charge is 0.321 e. The molecule has 0 aliphatic carbocycles. The molecule has 1 rings (SSSR count). The lowest BCUT2D eigenvalue weighted by molar-refractivity contribution is -0.389. The minimum atomic E-state index is -1.34. The van der Waals surface area contributed by atoms with Crippen molar-refractivity contribution in [3.8, 4) is 0 Å². The second-order valence-electron chi connectivity index (χ2n) is 8.02. The van der Waals surface area contributed by atoms with E-state index >= 15 is 0 Å². The summed E-state index contributed by atoms with van der Waals surface area (Å²) in [6.07, 6.45) is 3.58. The van der Waals surface area contributed by atoms with E-state index in [-0.39, 0.29) is 12.2 Å². The maximum atomic E-state index is 10.7. The molecule has 5 N–H and O–H groups in total. The normalized spacial score (nSPS) is 17.4. The number of hydrogen-bond donors (Lipinski definition) is 5. The summed E-state index contributed by atoms with van der Waals surface area (Å²) in [6, 6.07) is 1.34. The van der Waals surface area contributed by atoms with Gasteiger partial charge in [-0.1, -0.05) is 11.6 Å². The van der Waals surface area contributed by atoms with Crippen molar-refractivity contribution in [2.75, 3.05) is 0 Å². The third kappa shape index (κ3) is 7.80. The lowest BCUT2D eigenvalue weighted by Crippen LogP contribution is -2.40. The molecule has 0 aliphatic heterocycles. The first-order valence-corrected chi connectivity index (χ1v) is 9.11. The molecule has 0 saturated heterocycles. The Bertz CT molecular complexity index is 645. The summed E-state index contributed by atoms with van der Waals surface area (Å²) in [7, 11) is 0. The Morgan fingerprint density at radius 3 is 2.44 bits per heavy atom. The molecule has 0 amide bonds. The first kappa shape index (κ1) is 23.3. The Labute approximate surface area is 159 Å². The molecule has 0 fully saturated rings. The summed E-state index contributed by atoms with van der Waals surface area (Å²) in [4.78, 5) is 12.6. The van der Waals surface area contributed by atoms with Gasteiger partial charge in [-0.15, -0.1) is 0 Å². The maximum absolute atomic E-state index is 10.7. The molecule has 154 valence electrons. The number of aliphatic hydroxyl groups excluding tert-OH is 2. The number of allylic oxidation sites excluding steroid dienone is 2. The van der Waals surface area contributed by atoms with Crippen LogP contribution in [0.5, 0.6) is 0 Å². The van der Waals surface area contributed by atoms with Gasteiger partial charge < -0.3 is 30.5 Å². The highest BCUT2D eigenvalue weighted by atomic mass is 16.6. The van der Waals surface area contributed by atoms with Gasteiger partial charge in [-0.25, -0.2) is 4.98 Å². The molecule has 3 atom stereocenters. The Morgan fingerprint density at radius 1 is 1.30 bits per heavy atom. The van der Waals surface area contributed by atoms with E-state index in [1.54, 1.807) is 20.8 Å². The van der Waals surface area contributed by atoms with Crippen LogP contribution < -0.4 is 0 Å². The van der Waals surface area contributed by atoms with Gasteiger partial charge in [0.15, 0.2) is 0 Å². The SMILES string of the molecule is CC(=CCC[C@](C)(O)[C@H](O)Cc1c[nH]c([N+](=O)[O-])c1)CC[C@H](O)C(C)(C)O. The average Bonchev–Trinajstić information content (AvgIpc) is 3.00. The van der Waals surface area contributed by atoms with E-state index in [1.807, 2.05) is 13.0 Å². The van der Waals surface area contributed by atoms with Crippen molar-refractivity contribution in [1.82, 2.24) is 4.98 Å². The fraction of sp³-hybridized carbons (Fsp3) is 0.684. The van der Waals surface area contributed by atoms with Crippen molar-refractivity contribution in [2.45, 2.75) is 83.2 Å². The van der Waals surface area contributed by atoms with Gasteiger partial charge in [0.05, 0.1) is 29.6 Å². The molecule has 0 spiro atoms. The van der Waals surface area contributed by atoms with Crippen molar-refractivity contribution in [3.05, 3.63) is 39.6 Å². The van der Waals surface area contributed by atoms with E-state index in [4.69, 9.17) is 0 Å². The van der Waals surface area contributed by atoms with E-state index < -0.39 is 28.3 Å². The monoisotopic (exact) mass is 384 g/mol. The second-order valence-corrected chi connectivity index (χ2v) is 8.02. The van der Waals surface area contributed by atoms with E-state index in [2.05, 4.69) is 4.98 Å². The minimum absolute atomic E-state index is 0.109. The number of aliphatic hydroxyl groups is 4. The van der Waals surface area contributed by atoms with Gasteiger partial charge >= 0.3 is 5.82 Å². The number of nitrogens with zero attached hydrogens (tertiary/aromatic N) is 1. The molecule has 0 bridgehead atoms. The number of nitro groups is 1. The topological polar surface area (TPSA) is 140 Å². The Hall–Kier alpha value is -1.74. The van der Waals surface area contributed by atoms with Gasteiger partial charge in [0.2, 0.25) is 0 Å². The van der Waals surface area contributed by atoms with Crippen LogP contribution in [-0.4, -0.2) is 53.7 Å². The van der Waals surface area contributed by atoms with Crippen LogP contribution in [-0.2, 0) is 6.42 Å². The van der Waals surface area contributed by atoms with E-state index in [0.29, 0.717) is 31.2 Å². The highest BCUT2D eigenvalue weighted by molar-refractivity contribution is 5.27. The quantitative estimate of drug-likeness (QED) is 0.225. The van der Waals surface area contributed by atoms with Crippen LogP contribution in [0.2, 0.25) is 0 Å². The molecule has 8 nitrogen and oxygen atoms in total. The molecule has 1 heterocycles. The first-order valence-electron chi connectivity index (χ1n) is 9.11. The second kappa shape index (κ2) is 9.45. The first-order chi connectivity index (χ1) is 12.3. The number of rotatable bonds is 11. The standard InChI is InChI=1S/C19H32N2O6/c1-13(7-8-15(22)18(2,3)24)6-5-9-19(4,25)16(23)10-14-11-17(20-12-14)21(26)27/h6,11-12,15-16,20,22-25H,5,7-10H2,1-4H3/t15-,16+,19-/m0/s1. The van der Waals surface area contributed by atoms with E-state index in [9.17, 15) is 30.5 Å². The van der Waals surface area contributed by atoms with Crippen LogP contribution >= 0.6 is 0 Å². The van der Waals surface area contributed by atoms with Crippen LogP contribution in [0.15, 0.2) is 23.9 Å².